The van der Waals surface area contributed by atoms with Crippen LogP contribution in [0.5, 0.6) is 0 Å². The largest absolute Gasteiger partial charge is 0.352 e. The Hall–Kier alpha value is -1.41. The Kier molecular flexibility index (Phi) is 4.54. The van der Waals surface area contributed by atoms with Gasteiger partial charge >= 0.3 is 0 Å². The highest BCUT2D eigenvalue weighted by Gasteiger charge is 2.21. The number of hydrogen-bond donors (Lipinski definition) is 0. The Morgan fingerprint density at radius 3 is 2.38 bits per heavy atom. The second-order valence-corrected chi connectivity index (χ2v) is 6.18. The average Bonchev–Trinajstić information content (AvgIpc) is 2.56. The van der Waals surface area contributed by atoms with Crippen molar-refractivity contribution in [1.82, 2.24) is 19.9 Å². The zero-order chi connectivity index (χ0) is 14.7. The molecule has 0 bridgehead atoms. The van der Waals surface area contributed by atoms with Crippen molar-refractivity contribution in [3.8, 4) is 0 Å². The lowest BCUT2D eigenvalue weighted by atomic mass is 10.3. The predicted octanol–water partition coefficient (Wildman–Crippen LogP) is 2.08. The van der Waals surface area contributed by atoms with Gasteiger partial charge in [-0.3, -0.25) is 0 Å². The van der Waals surface area contributed by atoms with E-state index in [4.69, 9.17) is 0 Å². The molecule has 3 heterocycles. The number of thioether (sulfide) groups is 1. The van der Waals surface area contributed by atoms with Gasteiger partial charge in [-0.05, 0) is 28.3 Å². The van der Waals surface area contributed by atoms with E-state index in [0.29, 0.717) is 0 Å². The molecule has 1 saturated heterocycles. The predicted molar refractivity (Wildman–Crippen MR) is 88.0 cm³/mol. The minimum Gasteiger partial charge on any atom is -0.352 e. The van der Waals surface area contributed by atoms with Gasteiger partial charge in [-0.15, -0.1) is 0 Å². The van der Waals surface area contributed by atoms with Gasteiger partial charge in [0.2, 0.25) is 5.95 Å². The van der Waals surface area contributed by atoms with Crippen LogP contribution in [-0.2, 0) is 0 Å². The summed E-state index contributed by atoms with van der Waals surface area (Å²) in [4.78, 5) is 21.9. The van der Waals surface area contributed by atoms with Crippen LogP contribution in [-0.4, -0.2) is 52.4 Å². The van der Waals surface area contributed by atoms with Crippen molar-refractivity contribution < 1.29 is 0 Å². The van der Waals surface area contributed by atoms with Gasteiger partial charge in [0.1, 0.15) is 5.82 Å². The highest BCUT2D eigenvalue weighted by molar-refractivity contribution is 9.10. The molecule has 0 unspecified atom stereocenters. The third-order valence-electron chi connectivity index (χ3n) is 3.30. The van der Waals surface area contributed by atoms with Gasteiger partial charge in [0.15, 0.2) is 5.16 Å². The summed E-state index contributed by atoms with van der Waals surface area (Å²) in [5.74, 6) is 1.76. The quantitative estimate of drug-likeness (QED) is 0.608. The van der Waals surface area contributed by atoms with Crippen LogP contribution in [0.3, 0.4) is 0 Å². The van der Waals surface area contributed by atoms with E-state index in [9.17, 15) is 0 Å². The smallest absolute Gasteiger partial charge is 0.225 e. The molecule has 3 rings (SSSR count). The first-order chi connectivity index (χ1) is 10.3. The maximum absolute atomic E-state index is 4.59. The highest BCUT2D eigenvalue weighted by Crippen LogP contribution is 2.26. The number of halogens is 1. The fourth-order valence-corrected chi connectivity index (χ4v) is 3.01. The second-order valence-electron chi connectivity index (χ2n) is 4.55. The van der Waals surface area contributed by atoms with Crippen LogP contribution in [0.15, 0.2) is 34.3 Å². The SMILES string of the molecule is CSc1ncc(Br)c(N2CCN(c3ncccn3)CC2)n1. The van der Waals surface area contributed by atoms with Gasteiger partial charge in [0.05, 0.1) is 4.47 Å². The van der Waals surface area contributed by atoms with E-state index >= 15 is 0 Å². The van der Waals surface area contributed by atoms with Crippen molar-refractivity contribution in [2.75, 3.05) is 42.2 Å². The van der Waals surface area contributed by atoms with Crippen molar-refractivity contribution in [2.24, 2.45) is 0 Å². The number of piperazine rings is 1. The molecule has 2 aromatic heterocycles. The summed E-state index contributed by atoms with van der Waals surface area (Å²) in [6.45, 7) is 3.55. The zero-order valence-electron chi connectivity index (χ0n) is 11.6. The summed E-state index contributed by atoms with van der Waals surface area (Å²) in [5, 5.41) is 0.794. The van der Waals surface area contributed by atoms with Gasteiger partial charge in [0.25, 0.3) is 0 Å². The van der Waals surface area contributed by atoms with Crippen LogP contribution in [0.25, 0.3) is 0 Å². The summed E-state index contributed by atoms with van der Waals surface area (Å²) in [5.41, 5.74) is 0. The van der Waals surface area contributed by atoms with Crippen LogP contribution >= 0.6 is 27.7 Å². The van der Waals surface area contributed by atoms with E-state index < -0.39 is 0 Å². The lowest BCUT2D eigenvalue weighted by Gasteiger charge is -2.35. The Bertz CT molecular complexity index is 603. The molecule has 0 aromatic carbocycles. The molecule has 0 atom stereocenters. The highest BCUT2D eigenvalue weighted by atomic mass is 79.9. The fourth-order valence-electron chi connectivity index (χ4n) is 2.24. The van der Waals surface area contributed by atoms with Crippen molar-refractivity contribution in [1.29, 1.82) is 0 Å². The van der Waals surface area contributed by atoms with Crippen LogP contribution in [0.1, 0.15) is 0 Å². The van der Waals surface area contributed by atoms with E-state index in [1.807, 2.05) is 18.5 Å². The molecular formula is C13H15BrN6S. The normalized spacial score (nSPS) is 15.3. The van der Waals surface area contributed by atoms with Crippen LogP contribution in [0.4, 0.5) is 11.8 Å². The standard InChI is InChI=1S/C13H15BrN6S/c1-21-13-17-9-10(14)11(18-13)19-5-7-20(8-6-19)12-15-3-2-4-16-12/h2-4,9H,5-8H2,1H3. The van der Waals surface area contributed by atoms with Crippen LogP contribution in [0.2, 0.25) is 0 Å². The summed E-state index contributed by atoms with van der Waals surface area (Å²) in [6.07, 6.45) is 7.36. The Morgan fingerprint density at radius 2 is 1.71 bits per heavy atom. The maximum Gasteiger partial charge on any atom is 0.225 e. The van der Waals surface area contributed by atoms with Crippen LogP contribution in [0, 0.1) is 0 Å². The van der Waals surface area contributed by atoms with Gasteiger partial charge in [-0.2, -0.15) is 0 Å². The summed E-state index contributed by atoms with van der Waals surface area (Å²) < 4.78 is 0.935. The minimum atomic E-state index is 0.794. The molecule has 1 aliphatic rings. The molecular weight excluding hydrogens is 352 g/mol. The number of rotatable bonds is 3. The first-order valence-corrected chi connectivity index (χ1v) is 8.63. The maximum atomic E-state index is 4.59. The molecule has 0 N–H and O–H groups in total. The molecule has 0 saturated carbocycles. The molecule has 8 heteroatoms. The molecule has 0 spiro atoms. The third kappa shape index (κ3) is 3.26. The Labute approximate surface area is 136 Å². The minimum absolute atomic E-state index is 0.794. The Morgan fingerprint density at radius 1 is 1.05 bits per heavy atom. The topological polar surface area (TPSA) is 58.0 Å². The van der Waals surface area contributed by atoms with E-state index in [1.54, 1.807) is 24.2 Å². The van der Waals surface area contributed by atoms with Crippen molar-refractivity contribution >= 4 is 39.5 Å². The Balaban J connectivity index is 1.71. The molecule has 110 valence electrons. The van der Waals surface area contributed by atoms with Gasteiger partial charge in [0, 0.05) is 44.8 Å². The van der Waals surface area contributed by atoms with E-state index in [-0.39, 0.29) is 0 Å². The second kappa shape index (κ2) is 6.57. The van der Waals surface area contributed by atoms with Crippen LogP contribution < -0.4 is 9.80 Å². The molecule has 1 fully saturated rings. The summed E-state index contributed by atoms with van der Waals surface area (Å²) >= 11 is 5.09. The zero-order valence-corrected chi connectivity index (χ0v) is 14.0. The summed E-state index contributed by atoms with van der Waals surface area (Å²) in [6, 6.07) is 1.84. The molecule has 0 aliphatic carbocycles. The van der Waals surface area contributed by atoms with Crippen molar-refractivity contribution in [3.05, 3.63) is 29.1 Å². The number of anilines is 2. The molecule has 21 heavy (non-hydrogen) atoms. The van der Waals surface area contributed by atoms with Gasteiger partial charge in [-0.1, -0.05) is 11.8 Å². The lowest BCUT2D eigenvalue weighted by Crippen LogP contribution is -2.47. The molecule has 2 aromatic rings. The van der Waals surface area contributed by atoms with Crippen molar-refractivity contribution in [3.63, 3.8) is 0 Å². The third-order valence-corrected chi connectivity index (χ3v) is 4.42. The van der Waals surface area contributed by atoms with E-state index in [0.717, 1.165) is 47.6 Å². The molecule has 0 amide bonds. The molecule has 6 nitrogen and oxygen atoms in total. The average molecular weight is 367 g/mol. The van der Waals surface area contributed by atoms with Gasteiger partial charge < -0.3 is 9.80 Å². The number of hydrogen-bond acceptors (Lipinski definition) is 7. The first kappa shape index (κ1) is 14.5. The lowest BCUT2D eigenvalue weighted by molar-refractivity contribution is 0.630. The number of nitrogens with zero attached hydrogens (tertiary/aromatic N) is 6. The van der Waals surface area contributed by atoms with Crippen molar-refractivity contribution in [2.45, 2.75) is 5.16 Å². The van der Waals surface area contributed by atoms with E-state index in [1.165, 1.54) is 0 Å². The monoisotopic (exact) mass is 366 g/mol. The fraction of sp³-hybridized carbons (Fsp3) is 0.385. The van der Waals surface area contributed by atoms with E-state index in [2.05, 4.69) is 45.7 Å². The summed E-state index contributed by atoms with van der Waals surface area (Å²) in [7, 11) is 0. The molecule has 0 radical (unpaired) electrons. The van der Waals surface area contributed by atoms with Gasteiger partial charge in [-0.25, -0.2) is 19.9 Å². The number of aromatic nitrogens is 4. The molecule has 1 aliphatic heterocycles. The first-order valence-electron chi connectivity index (χ1n) is 6.61.